The van der Waals surface area contributed by atoms with Gasteiger partial charge in [-0.1, -0.05) is 5.16 Å². The van der Waals surface area contributed by atoms with Crippen LogP contribution >= 0.6 is 0 Å². The number of aromatic nitrogens is 1. The van der Waals surface area contributed by atoms with Gasteiger partial charge in [0.05, 0.1) is 5.69 Å². The molecule has 3 rings (SSSR count). The number of furan rings is 1. The SMILES string of the molecule is Cc1noc(NC(=O)c2ccc(Cc3c(C)c(C)c(C)c(C)c3C)o2)c1C. The van der Waals surface area contributed by atoms with Crippen LogP contribution in [0.5, 0.6) is 0 Å². The van der Waals surface area contributed by atoms with Gasteiger partial charge in [-0.05, 0) is 94.0 Å². The first-order chi connectivity index (χ1) is 12.7. The molecule has 0 radical (unpaired) electrons. The average Bonchev–Trinajstić information content (AvgIpc) is 3.24. The Morgan fingerprint density at radius 1 is 0.889 bits per heavy atom. The molecule has 3 aromatic rings. The summed E-state index contributed by atoms with van der Waals surface area (Å²) in [5, 5.41) is 6.56. The molecule has 0 aliphatic heterocycles. The highest BCUT2D eigenvalue weighted by Gasteiger charge is 2.18. The fourth-order valence-corrected chi connectivity index (χ4v) is 3.31. The molecule has 142 valence electrons. The number of nitrogens with one attached hydrogen (secondary N) is 1. The van der Waals surface area contributed by atoms with Crippen LogP contribution < -0.4 is 5.32 Å². The second kappa shape index (κ2) is 7.06. The van der Waals surface area contributed by atoms with Crippen LogP contribution in [0, 0.1) is 48.5 Å². The van der Waals surface area contributed by atoms with Gasteiger partial charge in [0.15, 0.2) is 5.76 Å². The van der Waals surface area contributed by atoms with Gasteiger partial charge in [0.2, 0.25) is 5.88 Å². The molecule has 0 saturated heterocycles. The molecule has 0 aliphatic rings. The number of carbonyl (C=O) groups excluding carboxylic acids is 1. The molecule has 0 atom stereocenters. The lowest BCUT2D eigenvalue weighted by Crippen LogP contribution is -2.11. The van der Waals surface area contributed by atoms with Gasteiger partial charge in [0.25, 0.3) is 5.91 Å². The highest BCUT2D eigenvalue weighted by atomic mass is 16.5. The summed E-state index contributed by atoms with van der Waals surface area (Å²) in [6.45, 7) is 14.5. The van der Waals surface area contributed by atoms with E-state index in [0.29, 0.717) is 12.3 Å². The molecule has 0 aliphatic carbocycles. The van der Waals surface area contributed by atoms with Gasteiger partial charge >= 0.3 is 0 Å². The van der Waals surface area contributed by atoms with Crippen LogP contribution in [-0.4, -0.2) is 11.1 Å². The monoisotopic (exact) mass is 366 g/mol. The number of benzene rings is 1. The first-order valence-corrected chi connectivity index (χ1v) is 9.09. The van der Waals surface area contributed by atoms with Crippen LogP contribution in [-0.2, 0) is 6.42 Å². The number of amides is 1. The summed E-state index contributed by atoms with van der Waals surface area (Å²) in [6.07, 6.45) is 0.660. The van der Waals surface area contributed by atoms with Crippen molar-refractivity contribution < 1.29 is 13.7 Å². The van der Waals surface area contributed by atoms with Crippen LogP contribution in [0.15, 0.2) is 21.1 Å². The number of anilines is 1. The Morgan fingerprint density at radius 2 is 1.48 bits per heavy atom. The fraction of sp³-hybridized carbons (Fsp3) is 0.364. The zero-order chi connectivity index (χ0) is 19.9. The molecule has 0 bridgehead atoms. The predicted molar refractivity (Wildman–Crippen MR) is 106 cm³/mol. The number of rotatable bonds is 4. The maximum Gasteiger partial charge on any atom is 0.293 e. The van der Waals surface area contributed by atoms with Gasteiger partial charge in [-0.15, -0.1) is 0 Å². The molecular formula is C22H26N2O3. The fourth-order valence-electron chi connectivity index (χ4n) is 3.31. The smallest absolute Gasteiger partial charge is 0.293 e. The number of hydrogen-bond donors (Lipinski definition) is 1. The summed E-state index contributed by atoms with van der Waals surface area (Å²) in [5.74, 6) is 1.03. The summed E-state index contributed by atoms with van der Waals surface area (Å²) >= 11 is 0. The van der Waals surface area contributed by atoms with Crippen molar-refractivity contribution >= 4 is 11.8 Å². The maximum absolute atomic E-state index is 12.4. The van der Waals surface area contributed by atoms with Gasteiger partial charge < -0.3 is 8.94 Å². The van der Waals surface area contributed by atoms with E-state index in [1.54, 1.807) is 6.07 Å². The van der Waals surface area contributed by atoms with Gasteiger partial charge in [0, 0.05) is 12.0 Å². The molecule has 1 amide bonds. The third-order valence-corrected chi connectivity index (χ3v) is 5.78. The predicted octanol–water partition coefficient (Wildman–Crippen LogP) is 5.27. The van der Waals surface area contributed by atoms with Crippen LogP contribution in [0.1, 0.15) is 61.0 Å². The van der Waals surface area contributed by atoms with Crippen LogP contribution in [0.3, 0.4) is 0 Å². The van der Waals surface area contributed by atoms with E-state index in [1.807, 2.05) is 19.9 Å². The van der Waals surface area contributed by atoms with Gasteiger partial charge in [-0.25, -0.2) is 0 Å². The van der Waals surface area contributed by atoms with E-state index in [9.17, 15) is 4.79 Å². The lowest BCUT2D eigenvalue weighted by Gasteiger charge is -2.18. The molecule has 0 spiro atoms. The zero-order valence-corrected chi connectivity index (χ0v) is 17.0. The Morgan fingerprint density at radius 3 is 2.04 bits per heavy atom. The van der Waals surface area contributed by atoms with E-state index in [1.165, 1.54) is 33.4 Å². The van der Waals surface area contributed by atoms with E-state index in [-0.39, 0.29) is 11.7 Å². The Hall–Kier alpha value is -2.82. The number of nitrogens with zero attached hydrogens (tertiary/aromatic N) is 1. The third-order valence-electron chi connectivity index (χ3n) is 5.78. The van der Waals surface area contributed by atoms with Crippen molar-refractivity contribution in [3.63, 3.8) is 0 Å². The molecule has 5 nitrogen and oxygen atoms in total. The van der Waals surface area contributed by atoms with Crippen LogP contribution in [0.25, 0.3) is 0 Å². The number of hydrogen-bond acceptors (Lipinski definition) is 4. The second-order valence-corrected chi connectivity index (χ2v) is 7.22. The highest BCUT2D eigenvalue weighted by molar-refractivity contribution is 6.01. The molecule has 0 saturated carbocycles. The molecule has 2 heterocycles. The average molecular weight is 366 g/mol. The van der Waals surface area contributed by atoms with Crippen molar-refractivity contribution in [3.8, 4) is 0 Å². The van der Waals surface area contributed by atoms with E-state index in [2.05, 4.69) is 45.1 Å². The Labute approximate surface area is 159 Å². The lowest BCUT2D eigenvalue weighted by molar-refractivity contribution is 0.0992. The summed E-state index contributed by atoms with van der Waals surface area (Å²) in [4.78, 5) is 12.4. The molecule has 2 aromatic heterocycles. The third kappa shape index (κ3) is 3.42. The molecule has 1 N–H and O–H groups in total. The van der Waals surface area contributed by atoms with E-state index in [4.69, 9.17) is 8.94 Å². The molecular weight excluding hydrogens is 340 g/mol. The minimum Gasteiger partial charge on any atom is -0.456 e. The maximum atomic E-state index is 12.4. The normalized spacial score (nSPS) is 11.1. The molecule has 0 fully saturated rings. The topological polar surface area (TPSA) is 68.3 Å². The minimum atomic E-state index is -0.342. The van der Waals surface area contributed by atoms with Crippen molar-refractivity contribution in [1.82, 2.24) is 5.16 Å². The van der Waals surface area contributed by atoms with Crippen molar-refractivity contribution in [1.29, 1.82) is 0 Å². The quantitative estimate of drug-likeness (QED) is 0.683. The first-order valence-electron chi connectivity index (χ1n) is 9.09. The first kappa shape index (κ1) is 19.0. The van der Waals surface area contributed by atoms with Crippen molar-refractivity contribution in [2.24, 2.45) is 0 Å². The van der Waals surface area contributed by atoms with E-state index >= 15 is 0 Å². The lowest BCUT2D eigenvalue weighted by atomic mass is 9.88. The number of carbonyl (C=O) groups is 1. The largest absolute Gasteiger partial charge is 0.456 e. The molecule has 0 unspecified atom stereocenters. The minimum absolute atomic E-state index is 0.259. The standard InChI is InChI=1S/C22H26N2O3/c1-11-12(2)14(4)19(15(5)13(11)3)10-18-8-9-20(26-18)21(25)23-22-16(6)17(7)24-27-22/h8-9H,10H2,1-7H3,(H,23,25). The van der Waals surface area contributed by atoms with Crippen molar-refractivity contribution in [2.45, 2.75) is 54.9 Å². The van der Waals surface area contributed by atoms with Gasteiger partial charge in [0.1, 0.15) is 5.76 Å². The Balaban J connectivity index is 1.83. The van der Waals surface area contributed by atoms with Crippen LogP contribution in [0.4, 0.5) is 5.88 Å². The number of aryl methyl sites for hydroxylation is 1. The second-order valence-electron chi connectivity index (χ2n) is 7.22. The summed E-state index contributed by atoms with van der Waals surface area (Å²) in [7, 11) is 0. The Kier molecular flexibility index (Phi) is 4.96. The van der Waals surface area contributed by atoms with Gasteiger partial charge in [-0.2, -0.15) is 0 Å². The highest BCUT2D eigenvalue weighted by Crippen LogP contribution is 2.28. The van der Waals surface area contributed by atoms with Crippen molar-refractivity contribution in [3.05, 3.63) is 68.3 Å². The molecule has 5 heteroatoms. The summed E-state index contributed by atoms with van der Waals surface area (Å²) in [6, 6.07) is 3.55. The van der Waals surface area contributed by atoms with Crippen LogP contribution in [0.2, 0.25) is 0 Å². The Bertz CT molecular complexity index is 996. The zero-order valence-electron chi connectivity index (χ0n) is 17.0. The van der Waals surface area contributed by atoms with Crippen molar-refractivity contribution in [2.75, 3.05) is 5.32 Å². The summed E-state index contributed by atoms with van der Waals surface area (Å²) in [5.41, 5.74) is 9.36. The molecule has 1 aromatic carbocycles. The molecule has 27 heavy (non-hydrogen) atoms. The van der Waals surface area contributed by atoms with Gasteiger partial charge in [-0.3, -0.25) is 10.1 Å². The summed E-state index contributed by atoms with van der Waals surface area (Å²) < 4.78 is 10.9. The van der Waals surface area contributed by atoms with E-state index < -0.39 is 0 Å². The van der Waals surface area contributed by atoms with E-state index in [0.717, 1.165) is 17.0 Å².